The second-order valence-corrected chi connectivity index (χ2v) is 13.8. The molecule has 3 aliphatic carbocycles. The van der Waals surface area contributed by atoms with Crippen molar-refractivity contribution in [3.8, 4) is 0 Å². The highest BCUT2D eigenvalue weighted by Gasteiger charge is 2.19. The van der Waals surface area contributed by atoms with Crippen molar-refractivity contribution in [1.82, 2.24) is 0 Å². The Kier molecular flexibility index (Phi) is 9.71. The van der Waals surface area contributed by atoms with E-state index in [1.807, 2.05) is 0 Å². The number of aryl methyl sites for hydroxylation is 3. The first-order valence-electron chi connectivity index (χ1n) is 18.2. The lowest BCUT2D eigenvalue weighted by molar-refractivity contribution is 0.743. The molecule has 240 valence electrons. The molecule has 0 atom stereocenters. The summed E-state index contributed by atoms with van der Waals surface area (Å²) in [4.78, 5) is 0. The van der Waals surface area contributed by atoms with E-state index >= 15 is 0 Å². The molecule has 0 spiro atoms. The van der Waals surface area contributed by atoms with Crippen LogP contribution in [0.5, 0.6) is 0 Å². The van der Waals surface area contributed by atoms with E-state index in [9.17, 15) is 0 Å². The van der Waals surface area contributed by atoms with Crippen molar-refractivity contribution in [1.29, 1.82) is 0 Å². The fourth-order valence-corrected chi connectivity index (χ4v) is 7.83. The van der Waals surface area contributed by atoms with Gasteiger partial charge < -0.3 is 0 Å². The molecule has 0 heterocycles. The van der Waals surface area contributed by atoms with Crippen LogP contribution in [0.1, 0.15) is 125 Å². The minimum absolute atomic E-state index is 1.05. The summed E-state index contributed by atoms with van der Waals surface area (Å²) in [5.74, 6) is 0. The van der Waals surface area contributed by atoms with E-state index in [0.29, 0.717) is 0 Å². The standard InChI is InChI=1S/C48H48/c1-34(43-28-16-22-37-19-10-4-7-13-25-46(37)43)40-31-41(35(2)44-29-17-23-38-20-11-5-8-14-26-47(38)44)33-42(32-40)36(3)45-30-18-24-39-21-12-6-9-15-27-48(39)45/h13-18,22-33H,1-12,19-21H2/b25-13-,26-14-,27-15-. The molecule has 0 fully saturated rings. The fraction of sp³-hybridized carbons (Fsp3) is 0.250. The lowest BCUT2D eigenvalue weighted by atomic mass is 9.83. The molecule has 7 rings (SSSR count). The van der Waals surface area contributed by atoms with Crippen molar-refractivity contribution in [2.24, 2.45) is 0 Å². The van der Waals surface area contributed by atoms with E-state index < -0.39 is 0 Å². The molecular formula is C48H48. The highest BCUT2D eigenvalue weighted by molar-refractivity contribution is 5.92. The molecule has 0 unspecified atom stereocenters. The highest BCUT2D eigenvalue weighted by atomic mass is 14.2. The van der Waals surface area contributed by atoms with Gasteiger partial charge in [-0.25, -0.2) is 0 Å². The van der Waals surface area contributed by atoms with E-state index in [1.165, 1.54) is 88.6 Å². The number of allylic oxidation sites excluding steroid dienone is 3. The highest BCUT2D eigenvalue weighted by Crippen LogP contribution is 2.38. The molecule has 3 aliphatic rings. The third kappa shape index (κ3) is 6.67. The number of rotatable bonds is 6. The molecular weight excluding hydrogens is 577 g/mol. The lowest BCUT2D eigenvalue weighted by Gasteiger charge is -2.21. The van der Waals surface area contributed by atoms with Crippen molar-refractivity contribution < 1.29 is 0 Å². The summed E-state index contributed by atoms with van der Waals surface area (Å²) in [5, 5.41) is 0. The van der Waals surface area contributed by atoms with E-state index in [1.54, 1.807) is 0 Å². The van der Waals surface area contributed by atoms with Gasteiger partial charge in [0.1, 0.15) is 0 Å². The number of benzene rings is 4. The van der Waals surface area contributed by atoms with Crippen molar-refractivity contribution >= 4 is 34.9 Å². The average Bonchev–Trinajstić information content (AvgIpc) is 3.07. The molecule has 0 amide bonds. The zero-order valence-electron chi connectivity index (χ0n) is 28.5. The number of hydrogen-bond acceptors (Lipinski definition) is 0. The Hall–Kier alpha value is -4.68. The zero-order chi connectivity index (χ0) is 32.9. The third-order valence-electron chi connectivity index (χ3n) is 10.6. The van der Waals surface area contributed by atoms with Crippen LogP contribution in [0.2, 0.25) is 0 Å². The maximum Gasteiger partial charge on any atom is -0.0109 e. The molecule has 4 aromatic rings. The molecule has 0 N–H and O–H groups in total. The van der Waals surface area contributed by atoms with Crippen LogP contribution in [0.3, 0.4) is 0 Å². The van der Waals surface area contributed by atoms with Gasteiger partial charge in [-0.15, -0.1) is 0 Å². The molecule has 0 nitrogen and oxygen atoms in total. The monoisotopic (exact) mass is 624 g/mol. The van der Waals surface area contributed by atoms with Crippen molar-refractivity contribution in [3.63, 3.8) is 0 Å². The van der Waals surface area contributed by atoms with Crippen LogP contribution in [0, 0.1) is 0 Å². The van der Waals surface area contributed by atoms with E-state index in [2.05, 4.69) is 109 Å². The summed E-state index contributed by atoms with van der Waals surface area (Å²) < 4.78 is 0. The summed E-state index contributed by atoms with van der Waals surface area (Å²) in [7, 11) is 0. The van der Waals surface area contributed by atoms with Crippen molar-refractivity contribution in [2.45, 2.75) is 77.0 Å². The Bertz CT molecular complexity index is 1730. The topological polar surface area (TPSA) is 0 Å². The van der Waals surface area contributed by atoms with Crippen LogP contribution in [0.25, 0.3) is 34.9 Å². The molecule has 0 saturated heterocycles. The minimum atomic E-state index is 1.05. The van der Waals surface area contributed by atoms with E-state index in [4.69, 9.17) is 19.7 Å². The second-order valence-electron chi connectivity index (χ2n) is 13.8. The van der Waals surface area contributed by atoms with E-state index in [0.717, 1.165) is 71.9 Å². The number of fused-ring (bicyclic) bond motifs is 3. The van der Waals surface area contributed by atoms with Gasteiger partial charge in [-0.1, -0.05) is 111 Å². The van der Waals surface area contributed by atoms with Gasteiger partial charge >= 0.3 is 0 Å². The number of hydrogen-bond donors (Lipinski definition) is 0. The fourth-order valence-electron chi connectivity index (χ4n) is 7.83. The smallest absolute Gasteiger partial charge is 0.0109 e. The largest absolute Gasteiger partial charge is 0.0905 e. The molecule has 48 heavy (non-hydrogen) atoms. The minimum Gasteiger partial charge on any atom is -0.0905 e. The Morgan fingerprint density at radius 3 is 1.02 bits per heavy atom. The van der Waals surface area contributed by atoms with Gasteiger partial charge in [0.25, 0.3) is 0 Å². The lowest BCUT2D eigenvalue weighted by Crippen LogP contribution is -2.02. The second kappa shape index (κ2) is 14.6. The Balaban J connectivity index is 1.38. The van der Waals surface area contributed by atoms with Crippen molar-refractivity contribution in [2.75, 3.05) is 0 Å². The molecule has 4 aromatic carbocycles. The Labute approximate surface area is 288 Å². The van der Waals surface area contributed by atoms with Crippen LogP contribution < -0.4 is 0 Å². The summed E-state index contributed by atoms with van der Waals surface area (Å²) in [6.45, 7) is 14.3. The molecule has 0 radical (unpaired) electrons. The average molecular weight is 625 g/mol. The first-order chi connectivity index (χ1) is 23.6. The summed E-state index contributed by atoms with van der Waals surface area (Å²) in [6, 6.07) is 27.2. The quantitative estimate of drug-likeness (QED) is 0.200. The maximum absolute atomic E-state index is 4.77. The SMILES string of the molecule is C=C(c1cc(C(=C)c2cccc3c2/C=C\CCCC3)cc(C(=C)c2cccc3c2/C=C\CCCC3)c1)c1cccc2c1/C=C\CCCC2. The van der Waals surface area contributed by atoms with Gasteiger partial charge in [0.15, 0.2) is 0 Å². The molecule has 0 saturated carbocycles. The predicted molar refractivity (Wildman–Crippen MR) is 210 cm³/mol. The Morgan fingerprint density at radius 2 is 0.708 bits per heavy atom. The van der Waals surface area contributed by atoms with E-state index in [-0.39, 0.29) is 0 Å². The summed E-state index contributed by atoms with van der Waals surface area (Å²) in [5.41, 5.74) is 18.3. The maximum atomic E-state index is 4.77. The van der Waals surface area contributed by atoms with Crippen LogP contribution in [-0.4, -0.2) is 0 Å². The zero-order valence-corrected chi connectivity index (χ0v) is 28.5. The molecule has 0 bridgehead atoms. The normalized spacial score (nSPS) is 17.8. The Morgan fingerprint density at radius 1 is 0.396 bits per heavy atom. The van der Waals surface area contributed by atoms with Gasteiger partial charge in [-0.3, -0.25) is 0 Å². The summed E-state index contributed by atoms with van der Waals surface area (Å²) >= 11 is 0. The van der Waals surface area contributed by atoms with Gasteiger partial charge in [-0.2, -0.15) is 0 Å². The van der Waals surface area contributed by atoms with Crippen LogP contribution in [-0.2, 0) is 19.3 Å². The van der Waals surface area contributed by atoms with Gasteiger partial charge in [0, 0.05) is 0 Å². The molecule has 0 heteroatoms. The van der Waals surface area contributed by atoms with Crippen LogP contribution in [0.4, 0.5) is 0 Å². The third-order valence-corrected chi connectivity index (χ3v) is 10.6. The first-order valence-corrected chi connectivity index (χ1v) is 18.2. The van der Waals surface area contributed by atoms with Gasteiger partial charge in [-0.05, 0) is 179 Å². The molecule has 0 aliphatic heterocycles. The van der Waals surface area contributed by atoms with Gasteiger partial charge in [0.05, 0.1) is 0 Å². The predicted octanol–water partition coefficient (Wildman–Crippen LogP) is 13.1. The molecule has 0 aromatic heterocycles. The van der Waals surface area contributed by atoms with Crippen molar-refractivity contribution in [3.05, 3.63) is 178 Å². The van der Waals surface area contributed by atoms with Crippen LogP contribution >= 0.6 is 0 Å². The summed E-state index contributed by atoms with van der Waals surface area (Å²) in [6.07, 6.45) is 28.1. The first kappa shape index (κ1) is 31.9. The van der Waals surface area contributed by atoms with Gasteiger partial charge in [0.2, 0.25) is 0 Å². The van der Waals surface area contributed by atoms with Crippen LogP contribution in [0.15, 0.2) is 111 Å².